The van der Waals surface area contributed by atoms with Gasteiger partial charge >= 0.3 is 0 Å². The molecule has 2 aromatic rings. The van der Waals surface area contributed by atoms with Crippen molar-refractivity contribution in [3.8, 4) is 11.5 Å². The van der Waals surface area contributed by atoms with Crippen molar-refractivity contribution in [2.45, 2.75) is 12.5 Å². The van der Waals surface area contributed by atoms with Crippen LogP contribution in [0, 0.1) is 0 Å². The number of furan rings is 1. The highest BCUT2D eigenvalue weighted by Gasteiger charge is 2.44. The Labute approximate surface area is 185 Å². The number of amides is 1. The number of aliphatic hydroxyl groups is 1. The number of rotatable bonds is 8. The quantitative estimate of drug-likeness (QED) is 0.599. The third kappa shape index (κ3) is 4.21. The highest BCUT2D eigenvalue weighted by Crippen LogP contribution is 2.41. The number of ether oxygens (including phenoxy) is 2. The molecule has 9 heteroatoms. The normalized spacial score (nSPS) is 19.6. The largest absolute Gasteiger partial charge is 0.504 e. The topological polar surface area (TPSA) is 113 Å². The molecule has 1 saturated heterocycles. The summed E-state index contributed by atoms with van der Waals surface area (Å²) >= 11 is 0. The van der Waals surface area contributed by atoms with E-state index in [2.05, 4.69) is 4.90 Å². The molecule has 0 unspecified atom stereocenters. The first-order chi connectivity index (χ1) is 15.5. The maximum atomic E-state index is 13.1. The van der Waals surface area contributed by atoms with Crippen LogP contribution in [0.4, 0.5) is 0 Å². The summed E-state index contributed by atoms with van der Waals surface area (Å²) in [5, 5.41) is 20.7. The van der Waals surface area contributed by atoms with E-state index in [0.717, 1.165) is 19.6 Å². The first-order valence-electron chi connectivity index (χ1n) is 10.5. The van der Waals surface area contributed by atoms with Gasteiger partial charge in [-0.05, 0) is 36.2 Å². The van der Waals surface area contributed by atoms with E-state index in [-0.39, 0.29) is 22.8 Å². The summed E-state index contributed by atoms with van der Waals surface area (Å²) in [6, 6.07) is 6.84. The molecule has 1 aromatic carbocycles. The summed E-state index contributed by atoms with van der Waals surface area (Å²) in [6.07, 6.45) is 2.02. The van der Waals surface area contributed by atoms with Gasteiger partial charge in [-0.3, -0.25) is 14.5 Å². The Hall–Kier alpha value is -3.30. The number of hydrogen-bond acceptors (Lipinski definition) is 8. The highest BCUT2D eigenvalue weighted by molar-refractivity contribution is 6.15. The highest BCUT2D eigenvalue weighted by atomic mass is 16.5. The Morgan fingerprint density at radius 3 is 2.66 bits per heavy atom. The number of nitrogens with zero attached hydrogens (tertiary/aromatic N) is 2. The van der Waals surface area contributed by atoms with Gasteiger partial charge in [0.15, 0.2) is 23.0 Å². The number of carbonyl (C=O) groups excluding carboxylic acids is 2. The molecule has 2 aliphatic heterocycles. The van der Waals surface area contributed by atoms with E-state index in [4.69, 9.17) is 13.9 Å². The van der Waals surface area contributed by atoms with E-state index in [0.29, 0.717) is 31.7 Å². The molecule has 0 spiro atoms. The summed E-state index contributed by atoms with van der Waals surface area (Å²) in [5.74, 6) is -1.58. The monoisotopic (exact) mass is 442 g/mol. The van der Waals surface area contributed by atoms with Gasteiger partial charge in [-0.2, -0.15) is 0 Å². The minimum atomic E-state index is -0.834. The van der Waals surface area contributed by atoms with Crippen LogP contribution in [0.5, 0.6) is 11.5 Å². The molecule has 0 bridgehead atoms. The molecule has 4 rings (SSSR count). The van der Waals surface area contributed by atoms with Crippen LogP contribution in [0.15, 0.2) is 52.3 Å². The standard InChI is InChI=1S/C23H26N2O7/c1-30-18-14-15(5-6-16(18)26)20-19(21(27)17-4-2-11-32-17)22(28)23(29)25(20)8-3-7-24-9-12-31-13-10-24/h2,4-6,11,14,20,26,28H,3,7-10,12-13H2,1H3/t20-/m0/s1. The minimum absolute atomic E-state index is 0.0326. The molecule has 1 fully saturated rings. The fourth-order valence-electron chi connectivity index (χ4n) is 4.16. The number of phenolic OH excluding ortho intramolecular Hbond substituents is 1. The number of phenols is 1. The predicted octanol–water partition coefficient (Wildman–Crippen LogP) is 2.29. The molecule has 0 saturated carbocycles. The molecule has 1 amide bonds. The van der Waals surface area contributed by atoms with Gasteiger partial charge in [0, 0.05) is 26.2 Å². The van der Waals surface area contributed by atoms with Crippen molar-refractivity contribution in [1.29, 1.82) is 0 Å². The number of methoxy groups -OCH3 is 1. The number of hydrogen-bond donors (Lipinski definition) is 2. The van der Waals surface area contributed by atoms with Gasteiger partial charge in [-0.1, -0.05) is 6.07 Å². The number of carbonyl (C=O) groups is 2. The van der Waals surface area contributed by atoms with Crippen molar-refractivity contribution in [3.05, 3.63) is 59.3 Å². The average Bonchev–Trinajstić information content (AvgIpc) is 3.43. The SMILES string of the molecule is COc1cc([C@H]2C(C(=O)c3ccco3)=C(O)C(=O)N2CCCN2CCOCC2)ccc1O. The molecule has 2 aliphatic rings. The fourth-order valence-corrected chi connectivity index (χ4v) is 4.16. The lowest BCUT2D eigenvalue weighted by Crippen LogP contribution is -2.39. The predicted molar refractivity (Wildman–Crippen MR) is 114 cm³/mol. The van der Waals surface area contributed by atoms with Crippen LogP contribution in [-0.4, -0.2) is 78.2 Å². The molecule has 1 atom stereocenters. The second-order valence-corrected chi connectivity index (χ2v) is 7.71. The van der Waals surface area contributed by atoms with Gasteiger partial charge in [0.25, 0.3) is 5.91 Å². The van der Waals surface area contributed by atoms with Crippen LogP contribution >= 0.6 is 0 Å². The Kier molecular flexibility index (Phi) is 6.48. The van der Waals surface area contributed by atoms with Crippen LogP contribution < -0.4 is 4.74 Å². The van der Waals surface area contributed by atoms with Crippen LogP contribution in [0.3, 0.4) is 0 Å². The maximum absolute atomic E-state index is 13.1. The second kappa shape index (κ2) is 9.46. The van der Waals surface area contributed by atoms with E-state index >= 15 is 0 Å². The third-order valence-corrected chi connectivity index (χ3v) is 5.79. The molecule has 32 heavy (non-hydrogen) atoms. The Morgan fingerprint density at radius 1 is 1.19 bits per heavy atom. The van der Waals surface area contributed by atoms with E-state index in [1.165, 1.54) is 30.4 Å². The lowest BCUT2D eigenvalue weighted by Gasteiger charge is -2.30. The second-order valence-electron chi connectivity index (χ2n) is 7.71. The smallest absolute Gasteiger partial charge is 0.290 e. The molecule has 170 valence electrons. The van der Waals surface area contributed by atoms with Crippen molar-refractivity contribution >= 4 is 11.7 Å². The summed E-state index contributed by atoms with van der Waals surface area (Å²) in [4.78, 5) is 29.9. The molecule has 9 nitrogen and oxygen atoms in total. The number of benzene rings is 1. The average molecular weight is 442 g/mol. The molecule has 0 radical (unpaired) electrons. The number of Topliss-reactive ketones (excluding diaryl/α,β-unsaturated/α-hetero) is 1. The van der Waals surface area contributed by atoms with E-state index in [1.807, 2.05) is 0 Å². The van der Waals surface area contributed by atoms with Crippen molar-refractivity contribution in [3.63, 3.8) is 0 Å². The lowest BCUT2D eigenvalue weighted by molar-refractivity contribution is -0.129. The number of ketones is 1. The lowest BCUT2D eigenvalue weighted by atomic mass is 9.94. The number of aliphatic hydroxyl groups excluding tert-OH is 1. The number of aromatic hydroxyl groups is 1. The van der Waals surface area contributed by atoms with Crippen molar-refractivity contribution in [2.75, 3.05) is 46.5 Å². The third-order valence-electron chi connectivity index (χ3n) is 5.79. The molecular formula is C23H26N2O7. The zero-order valence-electron chi connectivity index (χ0n) is 17.8. The Morgan fingerprint density at radius 2 is 1.97 bits per heavy atom. The van der Waals surface area contributed by atoms with Gasteiger partial charge in [0.1, 0.15) is 0 Å². The number of morpholine rings is 1. The van der Waals surface area contributed by atoms with Crippen molar-refractivity contribution in [2.24, 2.45) is 0 Å². The molecule has 0 aliphatic carbocycles. The Balaban J connectivity index is 1.64. The zero-order valence-corrected chi connectivity index (χ0v) is 17.8. The van der Waals surface area contributed by atoms with E-state index in [1.54, 1.807) is 18.2 Å². The molecule has 1 aromatic heterocycles. The van der Waals surface area contributed by atoms with E-state index < -0.39 is 23.5 Å². The summed E-state index contributed by atoms with van der Waals surface area (Å²) < 4.78 is 15.8. The van der Waals surface area contributed by atoms with E-state index in [9.17, 15) is 19.8 Å². The first-order valence-corrected chi connectivity index (χ1v) is 10.5. The zero-order chi connectivity index (χ0) is 22.7. The Bertz CT molecular complexity index is 1010. The summed E-state index contributed by atoms with van der Waals surface area (Å²) in [5.41, 5.74) is 0.488. The van der Waals surface area contributed by atoms with Gasteiger partial charge in [0.05, 0.1) is 38.2 Å². The minimum Gasteiger partial charge on any atom is -0.504 e. The van der Waals surface area contributed by atoms with Crippen molar-refractivity contribution in [1.82, 2.24) is 9.80 Å². The maximum Gasteiger partial charge on any atom is 0.290 e. The molecule has 2 N–H and O–H groups in total. The summed E-state index contributed by atoms with van der Waals surface area (Å²) in [6.45, 7) is 4.13. The van der Waals surface area contributed by atoms with Crippen LogP contribution in [-0.2, 0) is 9.53 Å². The van der Waals surface area contributed by atoms with Crippen molar-refractivity contribution < 1.29 is 33.7 Å². The fraction of sp³-hybridized carbons (Fsp3) is 0.391. The molecule has 3 heterocycles. The van der Waals surface area contributed by atoms with Gasteiger partial charge < -0.3 is 29.0 Å². The van der Waals surface area contributed by atoms with Gasteiger partial charge in [-0.25, -0.2) is 0 Å². The van der Waals surface area contributed by atoms with Crippen LogP contribution in [0.25, 0.3) is 0 Å². The summed E-state index contributed by atoms with van der Waals surface area (Å²) in [7, 11) is 1.42. The molecular weight excluding hydrogens is 416 g/mol. The first kappa shape index (κ1) is 21.9. The van der Waals surface area contributed by atoms with Gasteiger partial charge in [-0.15, -0.1) is 0 Å². The van der Waals surface area contributed by atoms with Crippen LogP contribution in [0.1, 0.15) is 28.6 Å². The van der Waals surface area contributed by atoms with Gasteiger partial charge in [0.2, 0.25) is 5.78 Å². The van der Waals surface area contributed by atoms with Crippen LogP contribution in [0.2, 0.25) is 0 Å².